The summed E-state index contributed by atoms with van der Waals surface area (Å²) in [6, 6.07) is 10.9. The molecule has 0 saturated carbocycles. The Morgan fingerprint density at radius 2 is 1.73 bits per heavy atom. The molecule has 0 N–H and O–H groups in total. The van der Waals surface area contributed by atoms with Crippen LogP contribution >= 0.6 is 0 Å². The molecule has 0 amide bonds. The van der Waals surface area contributed by atoms with Crippen molar-refractivity contribution in [2.75, 3.05) is 38.1 Å². The molecule has 4 heteroatoms. The molecule has 0 fully saturated rings. The molecule has 0 aliphatic rings. The van der Waals surface area contributed by atoms with Crippen LogP contribution in [0.1, 0.15) is 27.7 Å². The molecule has 0 bridgehead atoms. The third kappa shape index (κ3) is 3.56. The molecule has 0 radical (unpaired) electrons. The highest BCUT2D eigenvalue weighted by Crippen LogP contribution is 2.34. The quantitative estimate of drug-likeness (QED) is 0.591. The Balaban J connectivity index is 2.08. The highest BCUT2D eigenvalue weighted by atomic mass is 15.2. The van der Waals surface area contributed by atoms with E-state index in [9.17, 15) is 0 Å². The minimum atomic E-state index is 0.586. The van der Waals surface area contributed by atoms with E-state index in [1.54, 1.807) is 0 Å². The zero-order chi connectivity index (χ0) is 18.7. The van der Waals surface area contributed by atoms with Crippen LogP contribution < -0.4 is 4.90 Å². The molecule has 0 spiro atoms. The summed E-state index contributed by atoms with van der Waals surface area (Å²) < 4.78 is 2.46. The number of likely N-dealkylation sites (N-methyl/N-ethyl adjacent to an activating group) is 2. The third-order valence-electron chi connectivity index (χ3n) is 5.22. The van der Waals surface area contributed by atoms with Crippen LogP contribution in [-0.4, -0.2) is 47.7 Å². The average Bonchev–Trinajstić information content (AvgIpc) is 2.96. The molecule has 0 saturated heterocycles. The van der Waals surface area contributed by atoms with E-state index in [-0.39, 0.29) is 0 Å². The first-order valence-electron chi connectivity index (χ1n) is 9.86. The van der Waals surface area contributed by atoms with Crippen LogP contribution in [0.2, 0.25) is 0 Å². The van der Waals surface area contributed by atoms with Crippen LogP contribution in [0.3, 0.4) is 0 Å². The lowest BCUT2D eigenvalue weighted by atomic mass is 10.2. The molecule has 1 aromatic carbocycles. The van der Waals surface area contributed by atoms with Gasteiger partial charge in [-0.2, -0.15) is 0 Å². The van der Waals surface area contributed by atoms with Gasteiger partial charge < -0.3 is 14.4 Å². The van der Waals surface area contributed by atoms with Crippen molar-refractivity contribution in [3.63, 3.8) is 0 Å². The Hall–Kier alpha value is -2.07. The number of benzene rings is 1. The lowest BCUT2D eigenvalue weighted by Crippen LogP contribution is -2.33. The standard InChI is InChI=1S/C22H32N4/c1-6-25(7-2)15-14-24(5)22-21-19(12-13-23-22)18-10-8-9-11-20(18)26(21)16-17(3)4/h8-13,17H,6-7,14-16H2,1-5H3. The maximum Gasteiger partial charge on any atom is 0.152 e. The van der Waals surface area contributed by atoms with Crippen LogP contribution in [0, 0.1) is 5.92 Å². The molecule has 140 valence electrons. The fourth-order valence-electron chi connectivity index (χ4n) is 3.75. The Kier molecular flexibility index (Phi) is 5.82. The van der Waals surface area contributed by atoms with Crippen LogP contribution in [0.4, 0.5) is 5.82 Å². The van der Waals surface area contributed by atoms with Gasteiger partial charge in [-0.05, 0) is 31.1 Å². The molecular weight excluding hydrogens is 320 g/mol. The molecule has 3 rings (SSSR count). The van der Waals surface area contributed by atoms with Crippen LogP contribution in [-0.2, 0) is 6.54 Å². The number of hydrogen-bond donors (Lipinski definition) is 0. The summed E-state index contributed by atoms with van der Waals surface area (Å²) in [5, 5.41) is 2.63. The first kappa shape index (κ1) is 18.7. The minimum Gasteiger partial charge on any atom is -0.357 e. The first-order valence-corrected chi connectivity index (χ1v) is 9.86. The predicted molar refractivity (Wildman–Crippen MR) is 113 cm³/mol. The maximum absolute atomic E-state index is 4.79. The number of pyridine rings is 1. The average molecular weight is 353 g/mol. The zero-order valence-corrected chi connectivity index (χ0v) is 16.9. The molecule has 0 aliphatic heterocycles. The van der Waals surface area contributed by atoms with Gasteiger partial charge in [-0.1, -0.05) is 45.9 Å². The lowest BCUT2D eigenvalue weighted by molar-refractivity contribution is 0.311. The summed E-state index contributed by atoms with van der Waals surface area (Å²) in [4.78, 5) is 9.56. The largest absolute Gasteiger partial charge is 0.357 e. The van der Waals surface area contributed by atoms with Gasteiger partial charge in [0.15, 0.2) is 5.82 Å². The van der Waals surface area contributed by atoms with Gasteiger partial charge in [0.25, 0.3) is 0 Å². The van der Waals surface area contributed by atoms with Crippen molar-refractivity contribution in [3.05, 3.63) is 36.5 Å². The Morgan fingerprint density at radius 1 is 1.00 bits per heavy atom. The van der Waals surface area contributed by atoms with E-state index in [1.807, 2.05) is 6.20 Å². The Bertz CT molecular complexity index is 861. The minimum absolute atomic E-state index is 0.586. The number of fused-ring (bicyclic) bond motifs is 3. The van der Waals surface area contributed by atoms with E-state index in [4.69, 9.17) is 4.98 Å². The summed E-state index contributed by atoms with van der Waals surface area (Å²) in [5.74, 6) is 1.68. The summed E-state index contributed by atoms with van der Waals surface area (Å²) >= 11 is 0. The summed E-state index contributed by atoms with van der Waals surface area (Å²) in [5.41, 5.74) is 2.58. The van der Waals surface area contributed by atoms with Crippen molar-refractivity contribution in [3.8, 4) is 0 Å². The van der Waals surface area contributed by atoms with Gasteiger partial charge >= 0.3 is 0 Å². The van der Waals surface area contributed by atoms with Gasteiger partial charge in [0.1, 0.15) is 0 Å². The lowest BCUT2D eigenvalue weighted by Gasteiger charge is -2.25. The summed E-state index contributed by atoms with van der Waals surface area (Å²) in [6.45, 7) is 14.2. The second-order valence-corrected chi connectivity index (χ2v) is 7.50. The van der Waals surface area contributed by atoms with E-state index in [0.29, 0.717) is 5.92 Å². The molecule has 2 aromatic heterocycles. The monoisotopic (exact) mass is 352 g/mol. The zero-order valence-electron chi connectivity index (χ0n) is 16.9. The van der Waals surface area contributed by atoms with Gasteiger partial charge in [0.2, 0.25) is 0 Å². The fourth-order valence-corrected chi connectivity index (χ4v) is 3.75. The van der Waals surface area contributed by atoms with E-state index in [1.165, 1.54) is 21.8 Å². The number of hydrogen-bond acceptors (Lipinski definition) is 3. The van der Waals surface area contributed by atoms with Gasteiger partial charge in [-0.25, -0.2) is 4.98 Å². The number of rotatable bonds is 8. The second-order valence-electron chi connectivity index (χ2n) is 7.50. The molecule has 26 heavy (non-hydrogen) atoms. The smallest absolute Gasteiger partial charge is 0.152 e. The summed E-state index contributed by atoms with van der Waals surface area (Å²) in [7, 11) is 2.17. The van der Waals surface area contributed by atoms with Crippen molar-refractivity contribution in [1.82, 2.24) is 14.5 Å². The highest BCUT2D eigenvalue weighted by Gasteiger charge is 2.17. The van der Waals surface area contributed by atoms with Gasteiger partial charge in [0, 0.05) is 49.2 Å². The number of nitrogens with zero attached hydrogens (tertiary/aromatic N) is 4. The first-order chi connectivity index (χ1) is 12.6. The Labute approximate surface area is 157 Å². The van der Waals surface area contributed by atoms with Crippen molar-refractivity contribution >= 4 is 27.6 Å². The van der Waals surface area contributed by atoms with Crippen molar-refractivity contribution in [2.24, 2.45) is 5.92 Å². The van der Waals surface area contributed by atoms with E-state index >= 15 is 0 Å². The molecular formula is C22H32N4. The normalized spacial score (nSPS) is 12.0. The maximum atomic E-state index is 4.79. The van der Waals surface area contributed by atoms with E-state index < -0.39 is 0 Å². The summed E-state index contributed by atoms with van der Waals surface area (Å²) in [6.07, 6.45) is 1.96. The molecule has 0 aliphatic carbocycles. The molecule has 0 unspecified atom stereocenters. The fraction of sp³-hybridized carbons (Fsp3) is 0.500. The molecule has 3 aromatic rings. The second kappa shape index (κ2) is 8.09. The van der Waals surface area contributed by atoms with Gasteiger partial charge in [-0.15, -0.1) is 0 Å². The molecule has 2 heterocycles. The molecule has 0 atom stereocenters. The molecule has 4 nitrogen and oxygen atoms in total. The van der Waals surface area contributed by atoms with E-state index in [2.05, 4.69) is 79.4 Å². The van der Waals surface area contributed by atoms with Crippen LogP contribution in [0.15, 0.2) is 36.5 Å². The van der Waals surface area contributed by atoms with Crippen LogP contribution in [0.5, 0.6) is 0 Å². The van der Waals surface area contributed by atoms with Gasteiger partial charge in [-0.3, -0.25) is 0 Å². The van der Waals surface area contributed by atoms with Gasteiger partial charge in [0.05, 0.1) is 5.52 Å². The SMILES string of the molecule is CCN(CC)CCN(C)c1nccc2c3ccccc3n(CC(C)C)c12. The van der Waals surface area contributed by atoms with E-state index in [0.717, 1.165) is 38.5 Å². The number of aromatic nitrogens is 2. The van der Waals surface area contributed by atoms with Crippen molar-refractivity contribution < 1.29 is 0 Å². The number of anilines is 1. The third-order valence-corrected chi connectivity index (χ3v) is 5.22. The Morgan fingerprint density at radius 3 is 2.42 bits per heavy atom. The van der Waals surface area contributed by atoms with Crippen molar-refractivity contribution in [1.29, 1.82) is 0 Å². The topological polar surface area (TPSA) is 24.3 Å². The van der Waals surface area contributed by atoms with Crippen molar-refractivity contribution in [2.45, 2.75) is 34.2 Å². The highest BCUT2D eigenvalue weighted by molar-refractivity contribution is 6.11. The number of para-hydroxylation sites is 1. The van der Waals surface area contributed by atoms with Crippen LogP contribution in [0.25, 0.3) is 21.8 Å². The predicted octanol–water partition coefficient (Wildman–Crippen LogP) is 4.62.